The second-order valence-corrected chi connectivity index (χ2v) is 4.76. The number of rotatable bonds is 6. The van der Waals surface area contributed by atoms with Gasteiger partial charge in [-0.05, 0) is 36.8 Å². The van der Waals surface area contributed by atoms with E-state index in [9.17, 15) is 9.90 Å². The van der Waals surface area contributed by atoms with Crippen molar-refractivity contribution in [2.75, 3.05) is 11.9 Å². The average Bonchev–Trinajstić information content (AvgIpc) is 2.48. The molecule has 0 aromatic heterocycles. The summed E-state index contributed by atoms with van der Waals surface area (Å²) in [7, 11) is 0. The molecule has 0 aliphatic carbocycles. The lowest BCUT2D eigenvalue weighted by molar-refractivity contribution is -0.116. The Bertz CT molecular complexity index is 582. The van der Waals surface area contributed by atoms with Crippen LogP contribution in [0.15, 0.2) is 54.6 Å². The number of aliphatic hydroxyl groups is 1. The van der Waals surface area contributed by atoms with Gasteiger partial charge in [0.25, 0.3) is 0 Å². The Balaban J connectivity index is 1.80. The van der Waals surface area contributed by atoms with Crippen molar-refractivity contribution in [1.82, 2.24) is 0 Å². The van der Waals surface area contributed by atoms with Crippen LogP contribution in [-0.2, 0) is 4.79 Å². The van der Waals surface area contributed by atoms with E-state index in [1.807, 2.05) is 36.4 Å². The van der Waals surface area contributed by atoms with Gasteiger partial charge in [0.1, 0.15) is 5.75 Å². The maximum absolute atomic E-state index is 11.8. The van der Waals surface area contributed by atoms with E-state index < -0.39 is 6.10 Å². The largest absolute Gasteiger partial charge is 0.493 e. The summed E-state index contributed by atoms with van der Waals surface area (Å²) in [6.45, 7) is 2.01. The highest BCUT2D eigenvalue weighted by molar-refractivity contribution is 5.90. The van der Waals surface area contributed by atoms with Crippen LogP contribution >= 0.6 is 0 Å². The second kappa shape index (κ2) is 7.45. The molecule has 0 saturated carbocycles. The third kappa shape index (κ3) is 4.93. The highest BCUT2D eigenvalue weighted by Crippen LogP contribution is 2.17. The number of hydrogen-bond acceptors (Lipinski definition) is 3. The molecule has 4 nitrogen and oxygen atoms in total. The Morgan fingerprint density at radius 3 is 2.67 bits per heavy atom. The van der Waals surface area contributed by atoms with Gasteiger partial charge in [-0.15, -0.1) is 0 Å². The highest BCUT2D eigenvalue weighted by Gasteiger charge is 2.05. The molecule has 0 aliphatic rings. The summed E-state index contributed by atoms with van der Waals surface area (Å²) in [4.78, 5) is 11.8. The van der Waals surface area contributed by atoms with E-state index in [0.29, 0.717) is 12.3 Å². The van der Waals surface area contributed by atoms with Crippen LogP contribution in [-0.4, -0.2) is 17.6 Å². The summed E-state index contributed by atoms with van der Waals surface area (Å²) < 4.78 is 5.48. The van der Waals surface area contributed by atoms with Crippen molar-refractivity contribution < 1.29 is 14.6 Å². The van der Waals surface area contributed by atoms with Crippen molar-refractivity contribution in [3.63, 3.8) is 0 Å². The SMILES string of the molecule is CC(O)c1cccc(NC(=O)CCOc2ccccc2)c1. The predicted octanol–water partition coefficient (Wildman–Crippen LogP) is 3.15. The zero-order valence-corrected chi connectivity index (χ0v) is 12.0. The number of nitrogens with one attached hydrogen (secondary N) is 1. The van der Waals surface area contributed by atoms with Gasteiger partial charge in [-0.1, -0.05) is 30.3 Å². The van der Waals surface area contributed by atoms with Gasteiger partial charge in [0.05, 0.1) is 19.1 Å². The van der Waals surface area contributed by atoms with Crippen LogP contribution in [0.2, 0.25) is 0 Å². The zero-order valence-electron chi connectivity index (χ0n) is 12.0. The van der Waals surface area contributed by atoms with E-state index in [4.69, 9.17) is 4.74 Å². The van der Waals surface area contributed by atoms with E-state index >= 15 is 0 Å². The molecule has 0 fully saturated rings. The molecule has 0 spiro atoms. The number of aliphatic hydroxyl groups excluding tert-OH is 1. The van der Waals surface area contributed by atoms with Gasteiger partial charge >= 0.3 is 0 Å². The van der Waals surface area contributed by atoms with Crippen LogP contribution in [0.1, 0.15) is 25.0 Å². The normalized spacial score (nSPS) is 11.7. The first-order valence-corrected chi connectivity index (χ1v) is 6.91. The maximum Gasteiger partial charge on any atom is 0.227 e. The van der Waals surface area contributed by atoms with E-state index in [1.54, 1.807) is 25.1 Å². The summed E-state index contributed by atoms with van der Waals surface area (Å²) in [6, 6.07) is 16.6. The molecule has 2 rings (SSSR count). The lowest BCUT2D eigenvalue weighted by atomic mass is 10.1. The first-order valence-electron chi connectivity index (χ1n) is 6.91. The standard InChI is InChI=1S/C17H19NO3/c1-13(19)14-6-5-7-15(12-14)18-17(20)10-11-21-16-8-3-2-4-9-16/h2-9,12-13,19H,10-11H2,1H3,(H,18,20). The van der Waals surface area contributed by atoms with E-state index in [2.05, 4.69) is 5.32 Å². The summed E-state index contributed by atoms with van der Waals surface area (Å²) in [6.07, 6.45) is -0.281. The van der Waals surface area contributed by atoms with Crippen LogP contribution in [0, 0.1) is 0 Å². The second-order valence-electron chi connectivity index (χ2n) is 4.76. The Morgan fingerprint density at radius 1 is 1.19 bits per heavy atom. The van der Waals surface area contributed by atoms with Crippen molar-refractivity contribution in [3.8, 4) is 5.75 Å². The fourth-order valence-electron chi connectivity index (χ4n) is 1.88. The quantitative estimate of drug-likeness (QED) is 0.857. The summed E-state index contributed by atoms with van der Waals surface area (Å²) in [5, 5.41) is 12.3. The van der Waals surface area contributed by atoms with E-state index in [0.717, 1.165) is 11.3 Å². The van der Waals surface area contributed by atoms with Crippen molar-refractivity contribution in [2.45, 2.75) is 19.4 Å². The van der Waals surface area contributed by atoms with Gasteiger partial charge in [0.15, 0.2) is 0 Å². The molecule has 0 saturated heterocycles. The molecule has 21 heavy (non-hydrogen) atoms. The number of anilines is 1. The summed E-state index contributed by atoms with van der Waals surface area (Å²) in [5.41, 5.74) is 1.45. The number of benzene rings is 2. The first kappa shape index (κ1) is 15.1. The van der Waals surface area contributed by atoms with Crippen molar-refractivity contribution in [2.24, 2.45) is 0 Å². The fraction of sp³-hybridized carbons (Fsp3) is 0.235. The van der Waals surface area contributed by atoms with E-state index in [-0.39, 0.29) is 12.3 Å². The van der Waals surface area contributed by atoms with Gasteiger partial charge < -0.3 is 15.2 Å². The van der Waals surface area contributed by atoms with Crippen LogP contribution < -0.4 is 10.1 Å². The molecule has 4 heteroatoms. The minimum Gasteiger partial charge on any atom is -0.493 e. The Labute approximate surface area is 124 Å². The van der Waals surface area contributed by atoms with Crippen LogP contribution in [0.3, 0.4) is 0 Å². The van der Waals surface area contributed by atoms with Crippen molar-refractivity contribution >= 4 is 11.6 Å². The Kier molecular flexibility index (Phi) is 5.35. The molecule has 1 unspecified atom stereocenters. The number of ether oxygens (including phenoxy) is 1. The van der Waals surface area contributed by atoms with Gasteiger partial charge in [0, 0.05) is 5.69 Å². The van der Waals surface area contributed by atoms with Crippen LogP contribution in [0.5, 0.6) is 5.75 Å². The molecule has 110 valence electrons. The number of amides is 1. The van der Waals surface area contributed by atoms with Crippen molar-refractivity contribution in [3.05, 3.63) is 60.2 Å². The molecule has 1 atom stereocenters. The smallest absolute Gasteiger partial charge is 0.227 e. The molecule has 2 N–H and O–H groups in total. The first-order chi connectivity index (χ1) is 10.1. The molecule has 0 bridgehead atoms. The van der Waals surface area contributed by atoms with Gasteiger partial charge in [-0.2, -0.15) is 0 Å². The zero-order chi connectivity index (χ0) is 15.1. The monoisotopic (exact) mass is 285 g/mol. The number of hydrogen-bond donors (Lipinski definition) is 2. The lowest BCUT2D eigenvalue weighted by Gasteiger charge is -2.09. The third-order valence-electron chi connectivity index (χ3n) is 2.99. The lowest BCUT2D eigenvalue weighted by Crippen LogP contribution is -2.15. The van der Waals surface area contributed by atoms with Crippen molar-refractivity contribution in [1.29, 1.82) is 0 Å². The third-order valence-corrected chi connectivity index (χ3v) is 2.99. The average molecular weight is 285 g/mol. The van der Waals surface area contributed by atoms with Gasteiger partial charge in [0.2, 0.25) is 5.91 Å². The molecular formula is C17H19NO3. The van der Waals surface area contributed by atoms with Gasteiger partial charge in [-0.25, -0.2) is 0 Å². The van der Waals surface area contributed by atoms with E-state index in [1.165, 1.54) is 0 Å². The number of para-hydroxylation sites is 1. The summed E-state index contributed by atoms with van der Waals surface area (Å²) >= 11 is 0. The molecule has 1 amide bonds. The minimum atomic E-state index is -0.553. The van der Waals surface area contributed by atoms with Crippen LogP contribution in [0.25, 0.3) is 0 Å². The summed E-state index contributed by atoms with van der Waals surface area (Å²) in [5.74, 6) is 0.634. The Hall–Kier alpha value is -2.33. The number of carbonyl (C=O) groups excluding carboxylic acids is 1. The molecule has 2 aromatic carbocycles. The van der Waals surface area contributed by atoms with Gasteiger partial charge in [-0.3, -0.25) is 4.79 Å². The molecule has 0 aliphatic heterocycles. The minimum absolute atomic E-state index is 0.117. The molecular weight excluding hydrogens is 266 g/mol. The number of carbonyl (C=O) groups is 1. The van der Waals surface area contributed by atoms with Crippen LogP contribution in [0.4, 0.5) is 5.69 Å². The highest BCUT2D eigenvalue weighted by atomic mass is 16.5. The molecule has 0 radical (unpaired) electrons. The molecule has 2 aromatic rings. The Morgan fingerprint density at radius 2 is 1.95 bits per heavy atom. The maximum atomic E-state index is 11.8. The predicted molar refractivity (Wildman–Crippen MR) is 82.3 cm³/mol. The topological polar surface area (TPSA) is 58.6 Å². The fourth-order valence-corrected chi connectivity index (χ4v) is 1.88. The molecule has 0 heterocycles.